The maximum absolute atomic E-state index is 3.86. The number of rotatable bonds is 11. The molecule has 4 heteroatoms. The first kappa shape index (κ1) is 25.3. The summed E-state index contributed by atoms with van der Waals surface area (Å²) >= 11 is 0. The highest BCUT2D eigenvalue weighted by atomic mass is 79.9. The van der Waals surface area contributed by atoms with Crippen LogP contribution in [-0.4, -0.2) is 63.3 Å². The van der Waals surface area contributed by atoms with Crippen molar-refractivity contribution in [3.8, 4) is 0 Å². The van der Waals surface area contributed by atoms with Crippen LogP contribution in [0.1, 0.15) is 25.7 Å². The van der Waals surface area contributed by atoms with Gasteiger partial charge in [-0.1, -0.05) is 13.2 Å². The molecule has 0 spiro atoms. The van der Waals surface area contributed by atoms with Gasteiger partial charge in [0.1, 0.15) is 0 Å². The van der Waals surface area contributed by atoms with Gasteiger partial charge in [0.05, 0.1) is 54.4 Å². The van der Waals surface area contributed by atoms with E-state index in [1.807, 2.05) is 12.2 Å². The zero-order valence-electron chi connectivity index (χ0n) is 13.9. The van der Waals surface area contributed by atoms with E-state index in [4.69, 9.17) is 0 Å². The molecule has 0 radical (unpaired) electrons. The van der Waals surface area contributed by atoms with Crippen molar-refractivity contribution in [2.45, 2.75) is 25.7 Å². The van der Waals surface area contributed by atoms with Crippen molar-refractivity contribution in [3.63, 3.8) is 0 Å². The quantitative estimate of drug-likeness (QED) is 0.193. The van der Waals surface area contributed by atoms with Crippen LogP contribution in [0.2, 0.25) is 0 Å². The van der Waals surface area contributed by atoms with Crippen molar-refractivity contribution in [1.82, 2.24) is 0 Å². The molecule has 122 valence electrons. The van der Waals surface area contributed by atoms with Crippen molar-refractivity contribution < 1.29 is 42.9 Å². The molecule has 0 atom stereocenters. The molecule has 0 saturated carbocycles. The normalized spacial score (nSPS) is 11.2. The Morgan fingerprint density at radius 2 is 1.10 bits per heavy atom. The Morgan fingerprint density at radius 1 is 0.700 bits per heavy atom. The Kier molecular flexibility index (Phi) is 16.5. The van der Waals surface area contributed by atoms with E-state index in [9.17, 15) is 0 Å². The number of unbranched alkanes of at least 4 members (excludes halogenated alkanes) is 3. The lowest BCUT2D eigenvalue weighted by Gasteiger charge is -2.32. The topological polar surface area (TPSA) is 0 Å². The molecule has 0 aromatic rings. The van der Waals surface area contributed by atoms with Crippen molar-refractivity contribution in [3.05, 3.63) is 25.3 Å². The molecule has 0 aromatic carbocycles. The first-order valence-corrected chi connectivity index (χ1v) is 7.19. The van der Waals surface area contributed by atoms with Gasteiger partial charge in [-0.15, -0.1) is 0 Å². The van der Waals surface area contributed by atoms with E-state index < -0.39 is 0 Å². The van der Waals surface area contributed by atoms with Crippen LogP contribution < -0.4 is 34.0 Å². The second-order valence-electron chi connectivity index (χ2n) is 6.71. The van der Waals surface area contributed by atoms with Crippen molar-refractivity contribution >= 4 is 0 Å². The molecule has 0 N–H and O–H groups in total. The van der Waals surface area contributed by atoms with E-state index in [1.165, 1.54) is 38.8 Å². The van der Waals surface area contributed by atoms with Crippen LogP contribution in [0, 0.1) is 0 Å². The molecule has 0 aliphatic rings. The second-order valence-corrected chi connectivity index (χ2v) is 6.71. The zero-order chi connectivity index (χ0) is 14.1. The molecule has 0 unspecified atom stereocenters. The molecular formula is C16H34Br2N2. The zero-order valence-corrected chi connectivity index (χ0v) is 17.0. The van der Waals surface area contributed by atoms with Crippen LogP contribution in [0.25, 0.3) is 0 Å². The summed E-state index contributed by atoms with van der Waals surface area (Å²) in [6.45, 7) is 12.3. The van der Waals surface area contributed by atoms with Gasteiger partial charge in [0, 0.05) is 0 Å². The number of hydrogen-bond donors (Lipinski definition) is 0. The summed E-state index contributed by atoms with van der Waals surface area (Å²) in [7, 11) is 9.10. The van der Waals surface area contributed by atoms with Gasteiger partial charge < -0.3 is 42.9 Å². The fourth-order valence-electron chi connectivity index (χ4n) is 2.31. The predicted octanol–water partition coefficient (Wildman–Crippen LogP) is -2.92. The fourth-order valence-corrected chi connectivity index (χ4v) is 2.31. The fraction of sp³-hybridized carbons (Fsp3) is 0.750. The number of likely N-dealkylation sites (N-methyl/N-ethyl adjacent to an activating group) is 1. The van der Waals surface area contributed by atoms with Gasteiger partial charge in [-0.3, -0.25) is 0 Å². The van der Waals surface area contributed by atoms with Crippen molar-refractivity contribution in [2.24, 2.45) is 0 Å². The minimum atomic E-state index is 0. The average Bonchev–Trinajstić information content (AvgIpc) is 2.22. The van der Waals surface area contributed by atoms with E-state index in [0.717, 1.165) is 22.1 Å². The van der Waals surface area contributed by atoms with Crippen molar-refractivity contribution in [1.29, 1.82) is 0 Å². The largest absolute Gasteiger partial charge is 1.00 e. The summed E-state index contributed by atoms with van der Waals surface area (Å²) < 4.78 is 2.14. The van der Waals surface area contributed by atoms with E-state index in [2.05, 4.69) is 41.3 Å². The number of hydrogen-bond acceptors (Lipinski definition) is 0. The maximum Gasteiger partial charge on any atom is 0.0971 e. The van der Waals surface area contributed by atoms with Crippen LogP contribution in [-0.2, 0) is 0 Å². The standard InChI is InChI=1S/C16H34N2.2BrH/c1-7-13-18(6,14-8-2)16-12-10-9-11-15-17(3,4)5;;/h7-8H,1-2,9-16H2,3-6H3;2*1H/q+2;;/p-2. The Bertz CT molecular complexity index is 237. The second kappa shape index (κ2) is 13.1. The highest BCUT2D eigenvalue weighted by Gasteiger charge is 2.17. The lowest BCUT2D eigenvalue weighted by molar-refractivity contribution is -0.898. The third-order valence-corrected chi connectivity index (χ3v) is 3.42. The summed E-state index contributed by atoms with van der Waals surface area (Å²) in [4.78, 5) is 0. The van der Waals surface area contributed by atoms with E-state index >= 15 is 0 Å². The Hall–Kier alpha value is 0.360. The Labute approximate surface area is 148 Å². The first-order valence-electron chi connectivity index (χ1n) is 7.19. The molecule has 20 heavy (non-hydrogen) atoms. The minimum Gasteiger partial charge on any atom is -1.00 e. The lowest BCUT2D eigenvalue weighted by atomic mass is 10.1. The van der Waals surface area contributed by atoms with Crippen LogP contribution >= 0.6 is 0 Å². The predicted molar refractivity (Wildman–Crippen MR) is 82.5 cm³/mol. The molecule has 2 nitrogen and oxygen atoms in total. The van der Waals surface area contributed by atoms with Crippen LogP contribution in [0.15, 0.2) is 25.3 Å². The first-order chi connectivity index (χ1) is 8.33. The minimum absolute atomic E-state index is 0. The molecule has 0 aliphatic carbocycles. The number of quaternary nitrogens is 2. The molecule has 0 aromatic heterocycles. The van der Waals surface area contributed by atoms with Gasteiger partial charge >= 0.3 is 0 Å². The molecule has 0 aliphatic heterocycles. The Balaban J connectivity index is -0.00000144. The SMILES string of the molecule is C=CC[N+](C)(CC=C)CCCCCC[N+](C)(C)C.[Br-].[Br-]. The summed E-state index contributed by atoms with van der Waals surface area (Å²) in [5, 5.41) is 0. The van der Waals surface area contributed by atoms with Gasteiger partial charge in [-0.25, -0.2) is 0 Å². The van der Waals surface area contributed by atoms with Gasteiger partial charge in [-0.2, -0.15) is 0 Å². The summed E-state index contributed by atoms with van der Waals surface area (Å²) in [5.74, 6) is 0. The number of nitrogens with zero attached hydrogens (tertiary/aromatic N) is 2. The smallest absolute Gasteiger partial charge is 0.0971 e. The third kappa shape index (κ3) is 14.8. The van der Waals surface area contributed by atoms with Gasteiger partial charge in [0.15, 0.2) is 0 Å². The molecular weight excluding hydrogens is 380 g/mol. The van der Waals surface area contributed by atoms with Crippen LogP contribution in [0.4, 0.5) is 0 Å². The summed E-state index contributed by atoms with van der Waals surface area (Å²) in [6, 6.07) is 0. The van der Waals surface area contributed by atoms with Gasteiger partial charge in [0.25, 0.3) is 0 Å². The number of halogens is 2. The molecule has 0 rings (SSSR count). The van der Waals surface area contributed by atoms with E-state index in [1.54, 1.807) is 0 Å². The molecule has 0 saturated heterocycles. The van der Waals surface area contributed by atoms with Crippen molar-refractivity contribution in [2.75, 3.05) is 54.4 Å². The van der Waals surface area contributed by atoms with Crippen LogP contribution in [0.5, 0.6) is 0 Å². The van der Waals surface area contributed by atoms with Gasteiger partial charge in [-0.05, 0) is 37.8 Å². The summed E-state index contributed by atoms with van der Waals surface area (Å²) in [6.07, 6.45) is 9.42. The maximum atomic E-state index is 3.86. The van der Waals surface area contributed by atoms with Gasteiger partial charge in [0.2, 0.25) is 0 Å². The molecule has 0 heterocycles. The monoisotopic (exact) mass is 412 g/mol. The highest BCUT2D eigenvalue weighted by molar-refractivity contribution is 4.70. The molecule has 0 bridgehead atoms. The average molecular weight is 414 g/mol. The molecule has 0 amide bonds. The van der Waals surface area contributed by atoms with Crippen LogP contribution in [0.3, 0.4) is 0 Å². The van der Waals surface area contributed by atoms with E-state index in [-0.39, 0.29) is 34.0 Å². The lowest BCUT2D eigenvalue weighted by Crippen LogP contribution is -3.00. The highest BCUT2D eigenvalue weighted by Crippen LogP contribution is 2.09. The Morgan fingerprint density at radius 3 is 1.45 bits per heavy atom. The third-order valence-electron chi connectivity index (χ3n) is 3.42. The molecule has 0 fully saturated rings. The summed E-state index contributed by atoms with van der Waals surface area (Å²) in [5.41, 5.74) is 0. The van der Waals surface area contributed by atoms with E-state index in [0.29, 0.717) is 0 Å².